The van der Waals surface area contributed by atoms with E-state index in [9.17, 15) is 9.59 Å². The van der Waals surface area contributed by atoms with E-state index in [0.29, 0.717) is 64.9 Å². The van der Waals surface area contributed by atoms with Crippen LogP contribution in [0.3, 0.4) is 0 Å². The van der Waals surface area contributed by atoms with Crippen molar-refractivity contribution in [3.63, 3.8) is 0 Å². The SMILES string of the molecule is O=C1N=C(N2CCN(C(=O)c3ccc(OCc4cc(Cl)ccn4)c(Cl)c3)CC2)N=C2C=CC=CC12. The van der Waals surface area contributed by atoms with E-state index in [1.165, 1.54) is 0 Å². The molecule has 0 N–H and O–H groups in total. The fourth-order valence-corrected chi connectivity index (χ4v) is 4.44. The highest BCUT2D eigenvalue weighted by Gasteiger charge is 2.30. The highest BCUT2D eigenvalue weighted by Crippen LogP contribution is 2.27. The fourth-order valence-electron chi connectivity index (χ4n) is 4.02. The number of pyridine rings is 1. The number of nitrogens with zero attached hydrogens (tertiary/aromatic N) is 5. The van der Waals surface area contributed by atoms with Crippen LogP contribution in [-0.2, 0) is 11.4 Å². The van der Waals surface area contributed by atoms with Crippen molar-refractivity contribution < 1.29 is 14.3 Å². The van der Waals surface area contributed by atoms with Crippen LogP contribution in [0.4, 0.5) is 0 Å². The molecule has 2 amide bonds. The highest BCUT2D eigenvalue weighted by atomic mass is 35.5. The van der Waals surface area contributed by atoms with E-state index in [1.807, 2.05) is 23.1 Å². The largest absolute Gasteiger partial charge is 0.486 e. The lowest BCUT2D eigenvalue weighted by Crippen LogP contribution is -2.51. The predicted molar refractivity (Wildman–Crippen MR) is 134 cm³/mol. The summed E-state index contributed by atoms with van der Waals surface area (Å²) in [4.78, 5) is 42.0. The van der Waals surface area contributed by atoms with Crippen molar-refractivity contribution in [3.05, 3.63) is 82.1 Å². The molecule has 0 saturated carbocycles. The average Bonchev–Trinajstić information content (AvgIpc) is 2.87. The maximum Gasteiger partial charge on any atom is 0.261 e. The molecule has 1 fully saturated rings. The number of allylic oxidation sites excluding steroid dienone is 3. The topological polar surface area (TPSA) is 87.5 Å². The zero-order chi connectivity index (χ0) is 24.4. The highest BCUT2D eigenvalue weighted by molar-refractivity contribution is 6.32. The van der Waals surface area contributed by atoms with Gasteiger partial charge in [0.2, 0.25) is 5.96 Å². The maximum absolute atomic E-state index is 13.1. The molecule has 1 saturated heterocycles. The molecule has 1 aromatic carbocycles. The van der Waals surface area contributed by atoms with Gasteiger partial charge in [-0.05, 0) is 36.4 Å². The van der Waals surface area contributed by atoms with Gasteiger partial charge in [0, 0.05) is 43.0 Å². The smallest absolute Gasteiger partial charge is 0.261 e. The van der Waals surface area contributed by atoms with Crippen LogP contribution in [0.5, 0.6) is 5.75 Å². The van der Waals surface area contributed by atoms with Crippen LogP contribution in [0.15, 0.2) is 70.8 Å². The van der Waals surface area contributed by atoms with Gasteiger partial charge in [0.25, 0.3) is 11.8 Å². The van der Waals surface area contributed by atoms with Gasteiger partial charge in [-0.2, -0.15) is 4.99 Å². The molecule has 178 valence electrons. The molecule has 0 spiro atoms. The van der Waals surface area contributed by atoms with Crippen LogP contribution < -0.4 is 4.74 Å². The standard InChI is InChI=1S/C25H21Cl2N5O3/c26-17-7-8-28-18(14-17)15-35-22-6-5-16(13-20(22)27)24(34)31-9-11-32(12-10-31)25-29-21-4-2-1-3-19(21)23(33)30-25/h1-8,13-14,19H,9-12,15H2. The van der Waals surface area contributed by atoms with E-state index in [0.717, 1.165) is 0 Å². The first-order chi connectivity index (χ1) is 17.0. The Morgan fingerprint density at radius 1 is 1.06 bits per heavy atom. The van der Waals surface area contributed by atoms with Gasteiger partial charge in [-0.25, -0.2) is 4.99 Å². The number of aromatic nitrogens is 1. The summed E-state index contributed by atoms with van der Waals surface area (Å²) in [5, 5.41) is 0.916. The zero-order valence-corrected chi connectivity index (χ0v) is 20.1. The van der Waals surface area contributed by atoms with Crippen LogP contribution in [-0.4, -0.2) is 64.4 Å². The number of fused-ring (bicyclic) bond motifs is 1. The number of ether oxygens (including phenoxy) is 1. The van der Waals surface area contributed by atoms with Crippen molar-refractivity contribution in [1.82, 2.24) is 14.8 Å². The number of carbonyl (C=O) groups is 2. The Balaban J connectivity index is 1.19. The molecule has 5 rings (SSSR count). The van der Waals surface area contributed by atoms with Gasteiger partial charge in [0.1, 0.15) is 18.3 Å². The lowest BCUT2D eigenvalue weighted by atomic mass is 9.97. The molecule has 0 radical (unpaired) electrons. The molecular formula is C25H21Cl2N5O3. The first-order valence-electron chi connectivity index (χ1n) is 11.1. The fraction of sp³-hybridized carbons (Fsp3) is 0.240. The molecule has 8 nitrogen and oxygen atoms in total. The number of guanidine groups is 1. The average molecular weight is 510 g/mol. The molecular weight excluding hydrogens is 489 g/mol. The second-order valence-electron chi connectivity index (χ2n) is 8.19. The molecule has 10 heteroatoms. The van der Waals surface area contributed by atoms with Gasteiger partial charge in [-0.1, -0.05) is 41.4 Å². The summed E-state index contributed by atoms with van der Waals surface area (Å²) >= 11 is 12.4. The van der Waals surface area contributed by atoms with E-state index in [-0.39, 0.29) is 18.4 Å². The van der Waals surface area contributed by atoms with E-state index >= 15 is 0 Å². The van der Waals surface area contributed by atoms with Crippen LogP contribution in [0, 0.1) is 5.92 Å². The summed E-state index contributed by atoms with van der Waals surface area (Å²) in [6.45, 7) is 2.22. The Bertz CT molecular complexity index is 1300. The first-order valence-corrected chi connectivity index (χ1v) is 11.9. The minimum Gasteiger partial charge on any atom is -0.486 e. The Morgan fingerprint density at radius 3 is 2.66 bits per heavy atom. The molecule has 1 aliphatic carbocycles. The molecule has 2 aliphatic heterocycles. The minimum absolute atomic E-state index is 0.122. The van der Waals surface area contributed by atoms with Gasteiger partial charge in [-0.3, -0.25) is 14.6 Å². The summed E-state index contributed by atoms with van der Waals surface area (Å²) in [7, 11) is 0. The minimum atomic E-state index is -0.398. The summed E-state index contributed by atoms with van der Waals surface area (Å²) in [5.74, 6) is 0.131. The number of halogens is 2. The van der Waals surface area contributed by atoms with Crippen LogP contribution >= 0.6 is 23.2 Å². The van der Waals surface area contributed by atoms with Crippen molar-refractivity contribution in [3.8, 4) is 5.75 Å². The molecule has 2 aromatic rings. The lowest BCUT2D eigenvalue weighted by Gasteiger charge is -2.36. The molecule has 1 atom stereocenters. The van der Waals surface area contributed by atoms with Gasteiger partial charge >= 0.3 is 0 Å². The van der Waals surface area contributed by atoms with Crippen molar-refractivity contribution in [2.75, 3.05) is 26.2 Å². The number of benzene rings is 1. The summed E-state index contributed by atoms with van der Waals surface area (Å²) in [6, 6.07) is 8.39. The maximum atomic E-state index is 13.1. The summed E-state index contributed by atoms with van der Waals surface area (Å²) < 4.78 is 5.74. The number of hydrogen-bond acceptors (Lipinski definition) is 6. The van der Waals surface area contributed by atoms with Gasteiger partial charge in [-0.15, -0.1) is 0 Å². The Kier molecular flexibility index (Phi) is 6.66. The molecule has 1 unspecified atom stereocenters. The Morgan fingerprint density at radius 2 is 1.89 bits per heavy atom. The zero-order valence-electron chi connectivity index (χ0n) is 18.6. The normalized spacial score (nSPS) is 19.3. The Labute approximate surface area is 212 Å². The number of piperazine rings is 1. The van der Waals surface area contributed by atoms with Gasteiger partial charge in [0.05, 0.1) is 16.4 Å². The van der Waals surface area contributed by atoms with Gasteiger partial charge < -0.3 is 14.5 Å². The van der Waals surface area contributed by atoms with Crippen LogP contribution in [0.25, 0.3) is 0 Å². The van der Waals surface area contributed by atoms with E-state index in [2.05, 4.69) is 15.0 Å². The molecule has 1 aromatic heterocycles. The molecule has 0 bridgehead atoms. The predicted octanol–water partition coefficient (Wildman–Crippen LogP) is 3.80. The monoisotopic (exact) mass is 509 g/mol. The van der Waals surface area contributed by atoms with Crippen LogP contribution in [0.2, 0.25) is 10.0 Å². The molecule has 35 heavy (non-hydrogen) atoms. The number of amides is 2. The third-order valence-electron chi connectivity index (χ3n) is 5.89. The van der Waals surface area contributed by atoms with Crippen LogP contribution in [0.1, 0.15) is 16.1 Å². The summed E-state index contributed by atoms with van der Waals surface area (Å²) in [5.41, 5.74) is 1.85. The van der Waals surface area contributed by atoms with Gasteiger partial charge in [0.15, 0.2) is 0 Å². The van der Waals surface area contributed by atoms with Crippen molar-refractivity contribution in [2.45, 2.75) is 6.61 Å². The molecule has 3 heterocycles. The molecule has 3 aliphatic rings. The number of hydrogen-bond donors (Lipinski definition) is 0. The second-order valence-corrected chi connectivity index (χ2v) is 9.03. The number of carbonyl (C=O) groups excluding carboxylic acids is 2. The third kappa shape index (κ3) is 5.13. The lowest BCUT2D eigenvalue weighted by molar-refractivity contribution is -0.118. The van der Waals surface area contributed by atoms with E-state index in [4.69, 9.17) is 27.9 Å². The third-order valence-corrected chi connectivity index (χ3v) is 6.42. The second kappa shape index (κ2) is 10.0. The van der Waals surface area contributed by atoms with Crippen molar-refractivity contribution in [1.29, 1.82) is 0 Å². The Hall–Kier alpha value is -3.49. The summed E-state index contributed by atoms with van der Waals surface area (Å²) in [6.07, 6.45) is 8.93. The van der Waals surface area contributed by atoms with E-state index < -0.39 is 5.92 Å². The van der Waals surface area contributed by atoms with Crippen molar-refractivity contribution >= 4 is 46.7 Å². The first kappa shape index (κ1) is 23.3. The number of rotatable bonds is 4. The van der Waals surface area contributed by atoms with Crippen molar-refractivity contribution in [2.24, 2.45) is 15.9 Å². The van der Waals surface area contributed by atoms with E-state index in [1.54, 1.807) is 47.5 Å². The number of aliphatic imine (C=N–C) groups is 2. The quantitative estimate of drug-likeness (QED) is 0.625.